The molecule has 0 atom stereocenters. The van der Waals surface area contributed by atoms with Gasteiger partial charge < -0.3 is 23.2 Å². The van der Waals surface area contributed by atoms with Crippen molar-refractivity contribution in [3.05, 3.63) is 108 Å². The Labute approximate surface area is 222 Å². The first kappa shape index (κ1) is 26.3. The Morgan fingerprint density at radius 2 is 1.74 bits per heavy atom. The van der Waals surface area contributed by atoms with Crippen LogP contribution in [0.25, 0.3) is 5.69 Å². The average molecular weight is 514 g/mol. The predicted molar refractivity (Wildman–Crippen MR) is 147 cm³/mol. The van der Waals surface area contributed by atoms with Crippen LogP contribution in [0.4, 0.5) is 0 Å². The van der Waals surface area contributed by atoms with Gasteiger partial charge in [-0.2, -0.15) is 5.10 Å². The number of nitrogens with zero attached hydrogens (tertiary/aromatic N) is 2. The zero-order chi connectivity index (χ0) is 26.9. The Morgan fingerprint density at radius 3 is 2.45 bits per heavy atom. The Hall–Kier alpha value is -4.72. The second-order valence-corrected chi connectivity index (χ2v) is 8.44. The molecule has 0 aliphatic heterocycles. The van der Waals surface area contributed by atoms with Crippen molar-refractivity contribution in [3.63, 3.8) is 0 Å². The maximum absolute atomic E-state index is 12.5. The van der Waals surface area contributed by atoms with E-state index in [-0.39, 0.29) is 12.4 Å². The summed E-state index contributed by atoms with van der Waals surface area (Å²) in [6.45, 7) is 10.7. The first-order chi connectivity index (χ1) is 18.5. The molecule has 8 nitrogen and oxygen atoms in total. The molecular weight excluding hydrogens is 482 g/mol. The number of hydrogen-bond donors (Lipinski definition) is 1. The highest BCUT2D eigenvalue weighted by Gasteiger charge is 2.12. The van der Waals surface area contributed by atoms with Crippen LogP contribution >= 0.6 is 0 Å². The zero-order valence-electron chi connectivity index (χ0n) is 21.8. The summed E-state index contributed by atoms with van der Waals surface area (Å²) in [5.41, 5.74) is 6.62. The number of carbonyl (C=O) groups is 1. The largest absolute Gasteiger partial charge is 0.490 e. The van der Waals surface area contributed by atoms with Gasteiger partial charge in [-0.15, -0.1) is 0 Å². The topological polar surface area (TPSA) is 87.2 Å². The highest BCUT2D eigenvalue weighted by Crippen LogP contribution is 2.28. The molecule has 2 aromatic heterocycles. The van der Waals surface area contributed by atoms with Crippen LogP contribution in [-0.2, 0) is 6.61 Å². The van der Waals surface area contributed by atoms with Gasteiger partial charge in [0, 0.05) is 17.1 Å². The molecule has 0 radical (unpaired) electrons. The van der Waals surface area contributed by atoms with Crippen molar-refractivity contribution >= 4 is 12.1 Å². The second-order valence-electron chi connectivity index (χ2n) is 8.44. The van der Waals surface area contributed by atoms with Crippen LogP contribution in [0.3, 0.4) is 0 Å². The van der Waals surface area contributed by atoms with Crippen LogP contribution in [-0.4, -0.2) is 29.9 Å². The van der Waals surface area contributed by atoms with E-state index in [2.05, 4.69) is 47.7 Å². The molecule has 38 heavy (non-hydrogen) atoms. The molecule has 0 aliphatic rings. The lowest BCUT2D eigenvalue weighted by Crippen LogP contribution is -2.16. The molecule has 0 fully saturated rings. The van der Waals surface area contributed by atoms with E-state index in [4.69, 9.17) is 18.6 Å². The number of aromatic nitrogens is 1. The average Bonchev–Trinajstić information content (AvgIpc) is 3.53. The van der Waals surface area contributed by atoms with Gasteiger partial charge in [0.15, 0.2) is 17.3 Å². The third kappa shape index (κ3) is 6.53. The molecule has 196 valence electrons. The van der Waals surface area contributed by atoms with Gasteiger partial charge in [-0.3, -0.25) is 4.79 Å². The summed E-state index contributed by atoms with van der Waals surface area (Å²) in [5.74, 6) is 2.10. The summed E-state index contributed by atoms with van der Waals surface area (Å²) in [5, 5.41) is 4.03. The number of rotatable bonds is 12. The summed E-state index contributed by atoms with van der Waals surface area (Å²) in [4.78, 5) is 12.5. The quantitative estimate of drug-likeness (QED) is 0.143. The Kier molecular flexibility index (Phi) is 8.66. The third-order valence-electron chi connectivity index (χ3n) is 5.64. The maximum Gasteiger partial charge on any atom is 0.307 e. The van der Waals surface area contributed by atoms with E-state index in [0.29, 0.717) is 36.2 Å². The minimum absolute atomic E-state index is 0.137. The minimum atomic E-state index is -0.467. The number of nitrogens with one attached hydrogen (secondary N) is 1. The van der Waals surface area contributed by atoms with Crippen LogP contribution in [0, 0.1) is 13.8 Å². The zero-order valence-corrected chi connectivity index (χ0v) is 21.8. The van der Waals surface area contributed by atoms with Crippen LogP contribution in [0.15, 0.2) is 88.9 Å². The van der Waals surface area contributed by atoms with Crippen molar-refractivity contribution < 1.29 is 23.4 Å². The molecule has 8 heteroatoms. The Morgan fingerprint density at radius 1 is 0.974 bits per heavy atom. The Bertz CT molecular complexity index is 1400. The van der Waals surface area contributed by atoms with Gasteiger partial charge in [0.05, 0.1) is 12.8 Å². The van der Waals surface area contributed by atoms with Crippen molar-refractivity contribution in [1.82, 2.24) is 9.99 Å². The van der Waals surface area contributed by atoms with Crippen molar-refractivity contribution in [2.75, 3.05) is 13.2 Å². The van der Waals surface area contributed by atoms with Gasteiger partial charge in [-0.1, -0.05) is 12.7 Å². The lowest BCUT2D eigenvalue weighted by Gasteiger charge is -2.11. The predicted octanol–water partition coefficient (Wildman–Crippen LogP) is 5.99. The fraction of sp³-hybridized carbons (Fsp3) is 0.200. The number of aryl methyl sites for hydroxylation is 2. The van der Waals surface area contributed by atoms with Gasteiger partial charge in [0.1, 0.15) is 24.7 Å². The van der Waals surface area contributed by atoms with Crippen molar-refractivity contribution in [3.8, 4) is 22.9 Å². The molecule has 1 amide bonds. The van der Waals surface area contributed by atoms with E-state index in [1.165, 1.54) is 17.6 Å². The van der Waals surface area contributed by atoms with Gasteiger partial charge in [0.2, 0.25) is 0 Å². The van der Waals surface area contributed by atoms with E-state index in [9.17, 15) is 4.79 Å². The molecule has 2 heterocycles. The minimum Gasteiger partial charge on any atom is -0.490 e. The van der Waals surface area contributed by atoms with Crippen LogP contribution in [0.1, 0.15) is 40.2 Å². The molecule has 0 spiro atoms. The van der Waals surface area contributed by atoms with Crippen molar-refractivity contribution in [1.29, 1.82) is 0 Å². The lowest BCUT2D eigenvalue weighted by atomic mass is 10.2. The fourth-order valence-corrected chi connectivity index (χ4v) is 3.86. The summed E-state index contributed by atoms with van der Waals surface area (Å²) in [6.07, 6.45) is 3.18. The highest BCUT2D eigenvalue weighted by atomic mass is 16.5. The molecule has 0 bridgehead atoms. The SMILES string of the molecule is C=CCOc1ccc(/C=N/NC(=O)c2ccc(COc3ccc(-n4c(C)ccc4C)cc3)o2)cc1OCC. The summed E-state index contributed by atoms with van der Waals surface area (Å²) >= 11 is 0. The van der Waals surface area contributed by atoms with E-state index in [1.807, 2.05) is 37.3 Å². The van der Waals surface area contributed by atoms with Gasteiger partial charge in [-0.25, -0.2) is 5.43 Å². The first-order valence-corrected chi connectivity index (χ1v) is 12.3. The van der Waals surface area contributed by atoms with Crippen molar-refractivity contribution in [2.45, 2.75) is 27.4 Å². The van der Waals surface area contributed by atoms with E-state index >= 15 is 0 Å². The molecule has 0 saturated carbocycles. The third-order valence-corrected chi connectivity index (χ3v) is 5.64. The standard InChI is InChI=1S/C30H31N3O5/c1-5-17-36-27-15-9-23(18-29(27)35-6-2)19-31-32-30(34)28-16-14-26(38-28)20-37-25-12-10-24(11-13-25)33-21(3)7-8-22(33)4/h5,7-16,18-19H,1,6,17,20H2,2-4H3,(H,32,34)/b31-19+. The molecular formula is C30H31N3O5. The smallest absolute Gasteiger partial charge is 0.307 e. The van der Waals surface area contributed by atoms with Crippen molar-refractivity contribution in [2.24, 2.45) is 5.10 Å². The number of amides is 1. The lowest BCUT2D eigenvalue weighted by molar-refractivity contribution is 0.0923. The van der Waals surface area contributed by atoms with Gasteiger partial charge in [0.25, 0.3) is 0 Å². The van der Waals surface area contributed by atoms with E-state index in [1.54, 1.807) is 30.3 Å². The number of benzene rings is 2. The molecule has 4 aromatic rings. The molecule has 2 aromatic carbocycles. The number of hydrogen-bond acceptors (Lipinski definition) is 6. The van der Waals surface area contributed by atoms with Crippen LogP contribution in [0.2, 0.25) is 0 Å². The monoisotopic (exact) mass is 513 g/mol. The number of carbonyl (C=O) groups excluding carboxylic acids is 1. The number of furan rings is 1. The normalized spacial score (nSPS) is 10.9. The van der Waals surface area contributed by atoms with Gasteiger partial charge in [-0.05, 0) is 93.1 Å². The highest BCUT2D eigenvalue weighted by molar-refractivity contribution is 5.92. The molecule has 0 unspecified atom stereocenters. The maximum atomic E-state index is 12.5. The number of ether oxygens (including phenoxy) is 3. The summed E-state index contributed by atoms with van der Waals surface area (Å²) in [6, 6.07) is 20.7. The van der Waals surface area contributed by atoms with Crippen LogP contribution in [0.5, 0.6) is 17.2 Å². The molecule has 4 rings (SSSR count). The van der Waals surface area contributed by atoms with Gasteiger partial charge >= 0.3 is 5.91 Å². The van der Waals surface area contributed by atoms with E-state index < -0.39 is 5.91 Å². The molecule has 1 N–H and O–H groups in total. The number of hydrazone groups is 1. The van der Waals surface area contributed by atoms with E-state index in [0.717, 1.165) is 11.3 Å². The summed E-state index contributed by atoms with van der Waals surface area (Å²) in [7, 11) is 0. The second kappa shape index (κ2) is 12.5. The first-order valence-electron chi connectivity index (χ1n) is 12.3. The Balaban J connectivity index is 1.30. The fourth-order valence-electron chi connectivity index (χ4n) is 3.86. The molecule has 0 saturated heterocycles. The van der Waals surface area contributed by atoms with Crippen LogP contribution < -0.4 is 19.6 Å². The summed E-state index contributed by atoms with van der Waals surface area (Å²) < 4.78 is 24.9. The molecule has 0 aliphatic carbocycles.